The Bertz CT molecular complexity index is 365. The van der Waals surface area contributed by atoms with Crippen LogP contribution in [0.4, 0.5) is 18.9 Å². The van der Waals surface area contributed by atoms with Crippen LogP contribution in [-0.2, 0) is 11.9 Å². The van der Waals surface area contributed by atoms with E-state index in [0.717, 1.165) is 6.07 Å². The van der Waals surface area contributed by atoms with Gasteiger partial charge in [-0.1, -0.05) is 11.6 Å². The van der Waals surface area contributed by atoms with Gasteiger partial charge in [-0.05, 0) is 24.0 Å². The molecule has 0 spiro atoms. The second-order valence-corrected chi connectivity index (χ2v) is 4.19. The maximum atomic E-state index is 12.6. The van der Waals surface area contributed by atoms with Gasteiger partial charge >= 0.3 is 6.18 Å². The summed E-state index contributed by atoms with van der Waals surface area (Å²) < 4.78 is 37.7. The second kappa shape index (κ2) is 4.53. The Morgan fingerprint density at radius 1 is 1.40 bits per heavy atom. The van der Waals surface area contributed by atoms with E-state index in [1.54, 1.807) is 6.26 Å². The number of halogens is 4. The van der Waals surface area contributed by atoms with Crippen molar-refractivity contribution in [3.05, 3.63) is 28.3 Å². The van der Waals surface area contributed by atoms with Crippen molar-refractivity contribution in [1.82, 2.24) is 0 Å². The van der Waals surface area contributed by atoms with Crippen LogP contribution >= 0.6 is 23.4 Å². The Balaban J connectivity index is 3.33. The fourth-order valence-corrected chi connectivity index (χ4v) is 1.98. The molecule has 0 aliphatic rings. The van der Waals surface area contributed by atoms with Crippen molar-refractivity contribution in [1.29, 1.82) is 0 Å². The summed E-state index contributed by atoms with van der Waals surface area (Å²) in [6.45, 7) is 0. The molecule has 0 radical (unpaired) electrons. The molecule has 84 valence electrons. The molecule has 1 aromatic carbocycles. The minimum absolute atomic E-state index is 0.0147. The summed E-state index contributed by atoms with van der Waals surface area (Å²) in [4.78, 5) is 0. The van der Waals surface area contributed by atoms with Gasteiger partial charge < -0.3 is 5.73 Å². The molecule has 0 amide bonds. The lowest BCUT2D eigenvalue weighted by molar-refractivity contribution is -0.138. The third-order valence-corrected chi connectivity index (χ3v) is 2.80. The molecular formula is C9H9ClF3NS. The van der Waals surface area contributed by atoms with Crippen molar-refractivity contribution in [2.24, 2.45) is 0 Å². The average Bonchev–Trinajstić information content (AvgIpc) is 2.11. The Morgan fingerprint density at radius 3 is 2.47 bits per heavy atom. The normalized spacial score (nSPS) is 11.8. The van der Waals surface area contributed by atoms with E-state index in [1.807, 2.05) is 0 Å². The molecule has 0 heterocycles. The number of nitrogens with two attached hydrogens (primary N) is 1. The van der Waals surface area contributed by atoms with Crippen molar-refractivity contribution < 1.29 is 13.2 Å². The van der Waals surface area contributed by atoms with Gasteiger partial charge in [0.15, 0.2) is 0 Å². The lowest BCUT2D eigenvalue weighted by Crippen LogP contribution is -2.11. The van der Waals surface area contributed by atoms with E-state index < -0.39 is 11.7 Å². The fraction of sp³-hybridized carbons (Fsp3) is 0.333. The minimum Gasteiger partial charge on any atom is -0.397 e. The molecule has 0 unspecified atom stereocenters. The lowest BCUT2D eigenvalue weighted by atomic mass is 10.1. The largest absolute Gasteiger partial charge is 0.416 e. The number of alkyl halides is 3. The first-order valence-corrected chi connectivity index (χ1v) is 5.78. The van der Waals surface area contributed by atoms with Gasteiger partial charge in [-0.2, -0.15) is 24.9 Å². The summed E-state index contributed by atoms with van der Waals surface area (Å²) in [6, 6.07) is 2.13. The molecule has 0 aromatic heterocycles. The Hall–Kier alpha value is -0.550. The predicted molar refractivity (Wildman–Crippen MR) is 58.1 cm³/mol. The van der Waals surface area contributed by atoms with Crippen molar-refractivity contribution in [3.63, 3.8) is 0 Å². The first-order chi connectivity index (χ1) is 6.88. The van der Waals surface area contributed by atoms with E-state index >= 15 is 0 Å². The number of benzene rings is 1. The summed E-state index contributed by atoms with van der Waals surface area (Å²) in [7, 11) is 0. The van der Waals surface area contributed by atoms with Crippen LogP contribution < -0.4 is 5.73 Å². The average molecular weight is 256 g/mol. The number of thioether (sulfide) groups is 1. The van der Waals surface area contributed by atoms with Gasteiger partial charge in [-0.3, -0.25) is 0 Å². The molecule has 0 aliphatic heterocycles. The van der Waals surface area contributed by atoms with Crippen LogP contribution in [0.15, 0.2) is 12.1 Å². The number of anilines is 1. The zero-order chi connectivity index (χ0) is 11.6. The van der Waals surface area contributed by atoms with Gasteiger partial charge in [0.1, 0.15) is 0 Å². The first-order valence-electron chi connectivity index (χ1n) is 4.01. The molecule has 1 rings (SSSR count). The number of hydrogen-bond donors (Lipinski definition) is 1. The summed E-state index contributed by atoms with van der Waals surface area (Å²) in [5.41, 5.74) is 4.88. The quantitative estimate of drug-likeness (QED) is 0.814. The maximum Gasteiger partial charge on any atom is 0.416 e. The van der Waals surface area contributed by atoms with E-state index in [0.29, 0.717) is 0 Å². The monoisotopic (exact) mass is 255 g/mol. The predicted octanol–water partition coefficient (Wildman–Crippen LogP) is 3.80. The van der Waals surface area contributed by atoms with Crippen molar-refractivity contribution in [2.45, 2.75) is 11.9 Å². The van der Waals surface area contributed by atoms with E-state index in [9.17, 15) is 13.2 Å². The van der Waals surface area contributed by atoms with Crippen molar-refractivity contribution in [2.75, 3.05) is 12.0 Å². The molecule has 0 aliphatic carbocycles. The molecule has 0 fully saturated rings. The number of rotatable bonds is 2. The zero-order valence-corrected chi connectivity index (χ0v) is 9.43. The fourth-order valence-electron chi connectivity index (χ4n) is 1.20. The summed E-state index contributed by atoms with van der Waals surface area (Å²) in [6.07, 6.45) is -2.68. The highest BCUT2D eigenvalue weighted by molar-refractivity contribution is 7.97. The van der Waals surface area contributed by atoms with Gasteiger partial charge in [0, 0.05) is 5.75 Å². The van der Waals surface area contributed by atoms with Gasteiger partial charge in [0.2, 0.25) is 0 Å². The van der Waals surface area contributed by atoms with Crippen LogP contribution in [0.2, 0.25) is 5.02 Å². The molecule has 1 nitrogen and oxygen atoms in total. The van der Waals surface area contributed by atoms with E-state index in [4.69, 9.17) is 17.3 Å². The Labute approximate surface area is 94.8 Å². The van der Waals surface area contributed by atoms with Gasteiger partial charge in [-0.15, -0.1) is 0 Å². The van der Waals surface area contributed by atoms with Crippen LogP contribution in [0, 0.1) is 0 Å². The molecule has 2 N–H and O–H groups in total. The molecule has 0 saturated heterocycles. The van der Waals surface area contributed by atoms with Gasteiger partial charge in [-0.25, -0.2) is 0 Å². The van der Waals surface area contributed by atoms with Crippen LogP contribution in [0.25, 0.3) is 0 Å². The third-order valence-electron chi connectivity index (χ3n) is 1.90. The number of hydrogen-bond acceptors (Lipinski definition) is 2. The molecule has 0 atom stereocenters. The smallest absolute Gasteiger partial charge is 0.397 e. The number of nitrogen functional groups attached to an aromatic ring is 1. The van der Waals surface area contributed by atoms with Crippen LogP contribution in [-0.4, -0.2) is 6.26 Å². The third kappa shape index (κ3) is 2.72. The summed E-state index contributed by atoms with van der Waals surface area (Å²) in [5, 5.41) is 0.159. The molecule has 1 aromatic rings. The highest BCUT2D eigenvalue weighted by atomic mass is 35.5. The standard InChI is InChI=1S/C9H9ClF3NS/c1-15-4-5-6(9(11,12)13)2-3-7(10)8(5)14/h2-3H,4,14H2,1H3. The topological polar surface area (TPSA) is 26.0 Å². The summed E-state index contributed by atoms with van der Waals surface area (Å²) in [5.74, 6) is 0.196. The minimum atomic E-state index is -4.39. The molecule has 0 bridgehead atoms. The maximum absolute atomic E-state index is 12.6. The zero-order valence-electron chi connectivity index (χ0n) is 7.86. The van der Waals surface area contributed by atoms with Crippen LogP contribution in [0.1, 0.15) is 11.1 Å². The van der Waals surface area contributed by atoms with Crippen LogP contribution in [0.5, 0.6) is 0 Å². The second-order valence-electron chi connectivity index (χ2n) is 2.92. The van der Waals surface area contributed by atoms with E-state index in [1.165, 1.54) is 17.8 Å². The first kappa shape index (κ1) is 12.5. The highest BCUT2D eigenvalue weighted by Gasteiger charge is 2.34. The highest BCUT2D eigenvalue weighted by Crippen LogP contribution is 2.38. The van der Waals surface area contributed by atoms with Crippen molar-refractivity contribution >= 4 is 29.1 Å². The van der Waals surface area contributed by atoms with Crippen LogP contribution in [0.3, 0.4) is 0 Å². The molecule has 6 heteroatoms. The molecule has 15 heavy (non-hydrogen) atoms. The Morgan fingerprint density at radius 2 is 2.00 bits per heavy atom. The Kier molecular flexibility index (Phi) is 3.78. The van der Waals surface area contributed by atoms with E-state index in [2.05, 4.69) is 0 Å². The van der Waals surface area contributed by atoms with Crippen molar-refractivity contribution in [3.8, 4) is 0 Å². The molecule has 0 saturated carbocycles. The molecular weight excluding hydrogens is 247 g/mol. The lowest BCUT2D eigenvalue weighted by Gasteiger charge is -2.15. The van der Waals surface area contributed by atoms with E-state index in [-0.39, 0.29) is 22.0 Å². The van der Waals surface area contributed by atoms with Gasteiger partial charge in [0.05, 0.1) is 16.3 Å². The summed E-state index contributed by atoms with van der Waals surface area (Å²) >= 11 is 6.94. The van der Waals surface area contributed by atoms with Gasteiger partial charge in [0.25, 0.3) is 0 Å². The SMILES string of the molecule is CSCc1c(C(F)(F)F)ccc(Cl)c1N.